The molecule has 1 unspecified atom stereocenters. The van der Waals surface area contributed by atoms with Gasteiger partial charge in [-0.15, -0.1) is 0 Å². The number of hydrogen-bond acceptors (Lipinski definition) is 6. The number of carbonyl (C=O) groups is 2. The zero-order valence-electron chi connectivity index (χ0n) is 10.3. The molecule has 0 saturated carbocycles. The van der Waals surface area contributed by atoms with E-state index in [1.165, 1.54) is 0 Å². The number of aliphatic hydroxyl groups excluding tert-OH is 2. The summed E-state index contributed by atoms with van der Waals surface area (Å²) in [4.78, 5) is 19.7. The fourth-order valence-electron chi connectivity index (χ4n) is 1.05. The molecule has 0 aromatic rings. The Bertz CT molecular complexity index is 330. The predicted molar refractivity (Wildman–Crippen MR) is 62.5 cm³/mol. The van der Waals surface area contributed by atoms with Crippen molar-refractivity contribution in [2.75, 3.05) is 19.8 Å². The molecule has 1 fully saturated rings. The molecule has 0 radical (unpaired) electrons. The van der Waals surface area contributed by atoms with Crippen molar-refractivity contribution >= 4 is 11.9 Å². The normalized spacial score (nSPS) is 17.1. The monoisotopic (exact) mass is 278 g/mol. The van der Waals surface area contributed by atoms with Gasteiger partial charge in [-0.3, -0.25) is 4.79 Å². The number of epoxide rings is 1. The van der Waals surface area contributed by atoms with Crippen molar-refractivity contribution in [3.05, 3.63) is 12.2 Å². The van der Waals surface area contributed by atoms with Crippen molar-refractivity contribution in [1.29, 1.82) is 0 Å². The zero-order chi connectivity index (χ0) is 15.1. The highest BCUT2D eigenvalue weighted by atomic mass is 16.6. The Morgan fingerprint density at radius 2 is 1.74 bits per heavy atom. The molecule has 1 aliphatic heterocycles. The second-order valence-corrected chi connectivity index (χ2v) is 4.18. The lowest BCUT2D eigenvalue weighted by Crippen LogP contribution is -2.38. The Balaban J connectivity index is 0.000000344. The predicted octanol–water partition coefficient (Wildman–Crippen LogP) is -1.41. The number of aliphatic carboxylic acids is 2. The van der Waals surface area contributed by atoms with Gasteiger partial charge in [0, 0.05) is 12.0 Å². The third kappa shape index (κ3) is 8.27. The summed E-state index contributed by atoms with van der Waals surface area (Å²) < 4.78 is 4.83. The molecule has 8 nitrogen and oxygen atoms in total. The van der Waals surface area contributed by atoms with Gasteiger partial charge in [-0.2, -0.15) is 0 Å². The summed E-state index contributed by atoms with van der Waals surface area (Å²) in [6, 6.07) is 0. The van der Waals surface area contributed by atoms with Crippen molar-refractivity contribution in [2.24, 2.45) is 0 Å². The topological polar surface area (TPSA) is 148 Å². The molecule has 0 spiro atoms. The van der Waals surface area contributed by atoms with Crippen molar-refractivity contribution in [3.8, 4) is 0 Å². The number of carboxylic acid groups (broad SMARTS) is 2. The van der Waals surface area contributed by atoms with E-state index in [2.05, 4.69) is 6.58 Å². The highest BCUT2D eigenvalue weighted by Gasteiger charge is 2.35. The summed E-state index contributed by atoms with van der Waals surface area (Å²) >= 11 is 0. The minimum absolute atomic E-state index is 0.0318. The standard InChI is InChI=1S/C6H12O4.C5H6O4/c7-3-6(9,4-8)1-5-2-10-5;1-3(5(8)9)2-4(6)7/h5,7-9H,1-4H2;1-2H2,(H,6,7)(H,8,9). The van der Waals surface area contributed by atoms with Gasteiger partial charge in [0.15, 0.2) is 0 Å². The molecular formula is C11H18O8. The quantitative estimate of drug-likeness (QED) is 0.282. The molecule has 1 atom stereocenters. The van der Waals surface area contributed by atoms with Gasteiger partial charge in [-0.1, -0.05) is 6.58 Å². The van der Waals surface area contributed by atoms with Gasteiger partial charge >= 0.3 is 11.9 Å². The van der Waals surface area contributed by atoms with E-state index in [0.717, 1.165) is 0 Å². The summed E-state index contributed by atoms with van der Waals surface area (Å²) in [7, 11) is 0. The number of aliphatic hydroxyl groups is 3. The maximum absolute atomic E-state index is 9.87. The van der Waals surface area contributed by atoms with E-state index in [9.17, 15) is 14.7 Å². The van der Waals surface area contributed by atoms with Crippen LogP contribution in [0.1, 0.15) is 12.8 Å². The van der Waals surface area contributed by atoms with E-state index in [0.29, 0.717) is 13.0 Å². The second kappa shape index (κ2) is 7.85. The van der Waals surface area contributed by atoms with Crippen molar-refractivity contribution in [3.63, 3.8) is 0 Å². The van der Waals surface area contributed by atoms with E-state index in [-0.39, 0.29) is 11.7 Å². The zero-order valence-corrected chi connectivity index (χ0v) is 10.3. The molecule has 1 rings (SSSR count). The SMILES string of the molecule is C=C(CC(=O)O)C(=O)O.OCC(O)(CO)CC1CO1. The van der Waals surface area contributed by atoms with Crippen LogP contribution in [0.4, 0.5) is 0 Å². The van der Waals surface area contributed by atoms with Gasteiger partial charge in [-0.25, -0.2) is 4.79 Å². The van der Waals surface area contributed by atoms with E-state index in [1.54, 1.807) is 0 Å². The van der Waals surface area contributed by atoms with E-state index in [4.69, 9.17) is 25.2 Å². The molecule has 19 heavy (non-hydrogen) atoms. The Labute approximate surface area is 109 Å². The lowest BCUT2D eigenvalue weighted by Gasteiger charge is -2.21. The average Bonchev–Trinajstić information content (AvgIpc) is 3.12. The first-order chi connectivity index (χ1) is 8.74. The first-order valence-corrected chi connectivity index (χ1v) is 5.42. The molecule has 0 aliphatic carbocycles. The first-order valence-electron chi connectivity index (χ1n) is 5.42. The molecule has 8 heteroatoms. The smallest absolute Gasteiger partial charge is 0.331 e. The van der Waals surface area contributed by atoms with Gasteiger partial charge in [0.25, 0.3) is 0 Å². The summed E-state index contributed by atoms with van der Waals surface area (Å²) in [6.07, 6.45) is -0.153. The van der Waals surface area contributed by atoms with Crippen LogP contribution >= 0.6 is 0 Å². The second-order valence-electron chi connectivity index (χ2n) is 4.18. The van der Waals surface area contributed by atoms with Crippen molar-refractivity contribution in [2.45, 2.75) is 24.5 Å². The Hall–Kier alpha value is -1.48. The molecule has 0 amide bonds. The molecule has 1 heterocycles. The van der Waals surface area contributed by atoms with Crippen LogP contribution in [0.25, 0.3) is 0 Å². The van der Waals surface area contributed by atoms with Crippen LogP contribution in [0, 0.1) is 0 Å². The van der Waals surface area contributed by atoms with E-state index in [1.807, 2.05) is 0 Å². The Morgan fingerprint density at radius 1 is 1.26 bits per heavy atom. The van der Waals surface area contributed by atoms with E-state index < -0.39 is 37.2 Å². The highest BCUT2D eigenvalue weighted by Crippen LogP contribution is 2.21. The Kier molecular flexibility index (Phi) is 7.23. The van der Waals surface area contributed by atoms with Crippen LogP contribution < -0.4 is 0 Å². The molecule has 1 aliphatic rings. The number of ether oxygens (including phenoxy) is 1. The van der Waals surface area contributed by atoms with Gasteiger partial charge in [0.05, 0.1) is 32.3 Å². The number of rotatable bonds is 7. The fourth-order valence-corrected chi connectivity index (χ4v) is 1.05. The van der Waals surface area contributed by atoms with Crippen LogP contribution in [-0.2, 0) is 14.3 Å². The molecule has 0 aromatic heterocycles. The molecule has 110 valence electrons. The molecule has 0 aromatic carbocycles. The summed E-state index contributed by atoms with van der Waals surface area (Å²) in [6.45, 7) is 2.81. The number of hydrogen-bond donors (Lipinski definition) is 5. The molecule has 5 N–H and O–H groups in total. The van der Waals surface area contributed by atoms with Crippen molar-refractivity contribution < 1.29 is 39.9 Å². The molecule has 1 saturated heterocycles. The third-order valence-corrected chi connectivity index (χ3v) is 2.27. The summed E-state index contributed by atoms with van der Waals surface area (Å²) in [5, 5.41) is 42.5. The summed E-state index contributed by atoms with van der Waals surface area (Å²) in [5.74, 6) is -2.44. The largest absolute Gasteiger partial charge is 0.481 e. The van der Waals surface area contributed by atoms with Gasteiger partial charge < -0.3 is 30.3 Å². The molecule has 0 bridgehead atoms. The van der Waals surface area contributed by atoms with Crippen LogP contribution in [0.2, 0.25) is 0 Å². The Morgan fingerprint density at radius 3 is 1.95 bits per heavy atom. The lowest BCUT2D eigenvalue weighted by atomic mass is 10.0. The maximum Gasteiger partial charge on any atom is 0.331 e. The average molecular weight is 278 g/mol. The maximum atomic E-state index is 9.87. The third-order valence-electron chi connectivity index (χ3n) is 2.27. The first kappa shape index (κ1) is 17.5. The van der Waals surface area contributed by atoms with E-state index >= 15 is 0 Å². The van der Waals surface area contributed by atoms with Gasteiger partial charge in [0.2, 0.25) is 0 Å². The van der Waals surface area contributed by atoms with Crippen LogP contribution in [0.3, 0.4) is 0 Å². The van der Waals surface area contributed by atoms with Gasteiger partial charge in [0.1, 0.15) is 5.60 Å². The fraction of sp³-hybridized carbons (Fsp3) is 0.636. The number of carboxylic acids is 2. The minimum atomic E-state index is -1.35. The van der Waals surface area contributed by atoms with Crippen LogP contribution in [0.15, 0.2) is 12.2 Å². The highest BCUT2D eigenvalue weighted by molar-refractivity contribution is 5.91. The van der Waals surface area contributed by atoms with Gasteiger partial charge in [-0.05, 0) is 0 Å². The van der Waals surface area contributed by atoms with Crippen LogP contribution in [-0.4, -0.2) is 69.0 Å². The minimum Gasteiger partial charge on any atom is -0.481 e. The molecular weight excluding hydrogens is 260 g/mol. The van der Waals surface area contributed by atoms with Crippen LogP contribution in [0.5, 0.6) is 0 Å². The lowest BCUT2D eigenvalue weighted by molar-refractivity contribution is -0.139. The summed E-state index contributed by atoms with van der Waals surface area (Å²) in [5.41, 5.74) is -1.65. The van der Waals surface area contributed by atoms with Crippen molar-refractivity contribution in [1.82, 2.24) is 0 Å².